The predicted octanol–water partition coefficient (Wildman–Crippen LogP) is 4.43. The molecule has 0 bridgehead atoms. The first-order valence-corrected chi connectivity index (χ1v) is 13.2. The number of aryl methyl sites for hydroxylation is 1. The highest BCUT2D eigenvalue weighted by atomic mass is 32.1. The summed E-state index contributed by atoms with van der Waals surface area (Å²) in [5.41, 5.74) is 3.71. The number of anilines is 1. The van der Waals surface area contributed by atoms with Crippen molar-refractivity contribution in [2.45, 2.75) is 13.0 Å². The summed E-state index contributed by atoms with van der Waals surface area (Å²) in [5.74, 6) is -0.260. The van der Waals surface area contributed by atoms with E-state index in [1.165, 1.54) is 22.7 Å². The van der Waals surface area contributed by atoms with Crippen molar-refractivity contribution in [1.29, 1.82) is 0 Å². The monoisotopic (exact) mass is 510 g/mol. The summed E-state index contributed by atoms with van der Waals surface area (Å²) in [6.45, 7) is 1.84. The van der Waals surface area contributed by atoms with Gasteiger partial charge >= 0.3 is 0 Å². The van der Waals surface area contributed by atoms with E-state index >= 15 is 0 Å². The van der Waals surface area contributed by atoms with Crippen molar-refractivity contribution in [2.75, 3.05) is 5.32 Å². The second kappa shape index (κ2) is 8.89. The minimum Gasteiger partial charge on any atom is -0.350 e. The number of thiazole rings is 1. The third-order valence-corrected chi connectivity index (χ3v) is 8.23. The maximum absolute atomic E-state index is 13.8. The molecule has 3 aromatic heterocycles. The van der Waals surface area contributed by atoms with E-state index in [0.29, 0.717) is 26.3 Å². The molecule has 36 heavy (non-hydrogen) atoms. The van der Waals surface area contributed by atoms with Gasteiger partial charge in [-0.2, -0.15) is 0 Å². The number of nitrogens with one attached hydrogen (secondary N) is 1. The number of hydrogen-bond acceptors (Lipinski definition) is 5. The number of allylic oxidation sites excluding steroid dienone is 1. The van der Waals surface area contributed by atoms with Gasteiger partial charge < -0.3 is 9.88 Å². The van der Waals surface area contributed by atoms with E-state index in [1.807, 2.05) is 86.2 Å². The predicted molar refractivity (Wildman–Crippen MR) is 146 cm³/mol. The Morgan fingerprint density at radius 3 is 2.61 bits per heavy atom. The molecule has 1 N–H and O–H groups in total. The van der Waals surface area contributed by atoms with Crippen molar-refractivity contribution in [3.63, 3.8) is 0 Å². The molecule has 5 aromatic rings. The lowest BCUT2D eigenvalue weighted by atomic mass is 10.0. The average molecular weight is 511 g/mol. The lowest BCUT2D eigenvalue weighted by Gasteiger charge is -2.24. The van der Waals surface area contributed by atoms with Crippen LogP contribution in [0.25, 0.3) is 17.0 Å². The number of fused-ring (bicyclic) bond motifs is 2. The number of amides is 1. The minimum atomic E-state index is -0.542. The van der Waals surface area contributed by atoms with Gasteiger partial charge in [-0.1, -0.05) is 53.8 Å². The van der Waals surface area contributed by atoms with Crippen LogP contribution >= 0.6 is 22.7 Å². The van der Waals surface area contributed by atoms with Crippen LogP contribution in [0.15, 0.2) is 99.4 Å². The van der Waals surface area contributed by atoms with Crippen molar-refractivity contribution in [2.24, 2.45) is 12.0 Å². The molecule has 6 nitrogen and oxygen atoms in total. The fraction of sp³-hybridized carbons (Fsp3) is 0.107. The Morgan fingerprint density at radius 2 is 1.83 bits per heavy atom. The molecular formula is C28H22N4O2S2. The lowest BCUT2D eigenvalue weighted by molar-refractivity contribution is -0.113. The van der Waals surface area contributed by atoms with Crippen molar-refractivity contribution in [1.82, 2.24) is 9.13 Å². The maximum Gasteiger partial charge on any atom is 0.271 e. The molecule has 0 saturated heterocycles. The van der Waals surface area contributed by atoms with E-state index in [-0.39, 0.29) is 11.5 Å². The zero-order chi connectivity index (χ0) is 24.8. The number of hydrogen-bond donors (Lipinski definition) is 1. The van der Waals surface area contributed by atoms with E-state index in [1.54, 1.807) is 4.57 Å². The van der Waals surface area contributed by atoms with Crippen LogP contribution in [0.5, 0.6) is 0 Å². The number of aromatic nitrogens is 2. The van der Waals surface area contributed by atoms with Gasteiger partial charge in [0.25, 0.3) is 11.5 Å². The molecule has 178 valence electrons. The number of carbonyl (C=O) groups is 1. The number of benzene rings is 2. The van der Waals surface area contributed by atoms with Gasteiger partial charge in [0.15, 0.2) is 4.80 Å². The number of thiophene rings is 1. The van der Waals surface area contributed by atoms with Gasteiger partial charge in [0.2, 0.25) is 0 Å². The molecule has 0 unspecified atom stereocenters. The third kappa shape index (κ3) is 3.75. The van der Waals surface area contributed by atoms with Gasteiger partial charge in [0.1, 0.15) is 6.04 Å². The first-order valence-electron chi connectivity index (χ1n) is 11.5. The normalized spacial score (nSPS) is 15.7. The lowest BCUT2D eigenvalue weighted by Crippen LogP contribution is -2.40. The van der Waals surface area contributed by atoms with Crippen LogP contribution in [0.2, 0.25) is 0 Å². The van der Waals surface area contributed by atoms with Crippen molar-refractivity contribution in [3.8, 4) is 0 Å². The number of carbonyl (C=O) groups excluding carboxylic acids is 1. The molecule has 1 amide bonds. The van der Waals surface area contributed by atoms with Crippen LogP contribution in [0.4, 0.5) is 5.69 Å². The Kier molecular flexibility index (Phi) is 5.55. The molecule has 1 aliphatic rings. The molecule has 0 radical (unpaired) electrons. The smallest absolute Gasteiger partial charge is 0.271 e. The van der Waals surface area contributed by atoms with Gasteiger partial charge in [-0.05, 0) is 42.6 Å². The summed E-state index contributed by atoms with van der Waals surface area (Å²) in [6.07, 6.45) is 3.96. The van der Waals surface area contributed by atoms with Gasteiger partial charge in [0, 0.05) is 40.3 Å². The molecule has 8 heteroatoms. The van der Waals surface area contributed by atoms with Crippen LogP contribution in [-0.2, 0) is 11.8 Å². The zero-order valence-electron chi connectivity index (χ0n) is 19.6. The van der Waals surface area contributed by atoms with Crippen LogP contribution in [0.1, 0.15) is 23.4 Å². The average Bonchev–Trinajstić information content (AvgIpc) is 3.59. The second-order valence-electron chi connectivity index (χ2n) is 8.63. The standard InChI is InChI=1S/C28H22N4O2S2/c1-17-24(26(33)30-19-9-4-3-5-10-19)25(22-13-8-14-35-22)32-27(34)23(36-28(32)29-17)15-18-16-31(2)21-12-7-6-11-20(18)21/h3-16,25H,1-2H3,(H,30,33)/b23-15-/t25-/m0/s1. The zero-order valence-corrected chi connectivity index (χ0v) is 21.3. The Bertz CT molecular complexity index is 1820. The minimum absolute atomic E-state index is 0.150. The summed E-state index contributed by atoms with van der Waals surface area (Å²) in [5, 5.41) is 6.02. The van der Waals surface area contributed by atoms with Crippen molar-refractivity contribution in [3.05, 3.63) is 120 Å². The van der Waals surface area contributed by atoms with Gasteiger partial charge in [0.05, 0.1) is 15.8 Å². The van der Waals surface area contributed by atoms with Crippen LogP contribution in [0, 0.1) is 0 Å². The summed E-state index contributed by atoms with van der Waals surface area (Å²) in [7, 11) is 2.00. The Labute approximate surface area is 214 Å². The quantitative estimate of drug-likeness (QED) is 0.389. The molecule has 0 fully saturated rings. The highest BCUT2D eigenvalue weighted by molar-refractivity contribution is 7.10. The van der Waals surface area contributed by atoms with Crippen molar-refractivity contribution >= 4 is 51.2 Å². The van der Waals surface area contributed by atoms with E-state index < -0.39 is 6.04 Å². The van der Waals surface area contributed by atoms with E-state index in [0.717, 1.165) is 21.3 Å². The Morgan fingerprint density at radius 1 is 1.06 bits per heavy atom. The maximum atomic E-state index is 13.8. The van der Waals surface area contributed by atoms with Gasteiger partial charge in [-0.25, -0.2) is 4.99 Å². The Hall–Kier alpha value is -4.01. The summed E-state index contributed by atoms with van der Waals surface area (Å²) in [4.78, 5) is 33.6. The molecule has 2 aromatic carbocycles. The van der Waals surface area contributed by atoms with Crippen molar-refractivity contribution < 1.29 is 4.79 Å². The molecule has 6 rings (SSSR count). The van der Waals surface area contributed by atoms with Gasteiger partial charge in [-0.15, -0.1) is 11.3 Å². The first kappa shape index (κ1) is 22.5. The molecule has 0 saturated carbocycles. The Balaban J connectivity index is 1.51. The number of para-hydroxylation sites is 2. The number of rotatable bonds is 4. The SMILES string of the molecule is CC1=C(C(=O)Nc2ccccc2)[C@H](c2cccs2)n2c(s/c(=C\c3cn(C)c4ccccc34)c2=O)=N1. The third-order valence-electron chi connectivity index (χ3n) is 6.33. The molecule has 0 aliphatic carbocycles. The molecule has 0 spiro atoms. The van der Waals surface area contributed by atoms with Crippen LogP contribution in [0.3, 0.4) is 0 Å². The molecular weight excluding hydrogens is 488 g/mol. The van der Waals surface area contributed by atoms with E-state index in [9.17, 15) is 9.59 Å². The van der Waals surface area contributed by atoms with Crippen LogP contribution < -0.4 is 20.2 Å². The highest BCUT2D eigenvalue weighted by Gasteiger charge is 2.33. The summed E-state index contributed by atoms with van der Waals surface area (Å²) in [6, 6.07) is 20.8. The molecule has 1 aliphatic heterocycles. The first-order chi connectivity index (χ1) is 17.5. The van der Waals surface area contributed by atoms with E-state index in [4.69, 9.17) is 4.99 Å². The largest absolute Gasteiger partial charge is 0.350 e. The van der Waals surface area contributed by atoms with Crippen LogP contribution in [-0.4, -0.2) is 15.0 Å². The second-order valence-corrected chi connectivity index (χ2v) is 10.6. The fourth-order valence-electron chi connectivity index (χ4n) is 4.68. The molecule has 4 heterocycles. The fourth-order valence-corrected chi connectivity index (χ4v) is 6.54. The number of nitrogens with zero attached hydrogens (tertiary/aromatic N) is 3. The highest BCUT2D eigenvalue weighted by Crippen LogP contribution is 2.33. The van der Waals surface area contributed by atoms with Gasteiger partial charge in [-0.3, -0.25) is 14.2 Å². The van der Waals surface area contributed by atoms with E-state index in [2.05, 4.69) is 22.0 Å². The molecule has 1 atom stereocenters. The summed E-state index contributed by atoms with van der Waals surface area (Å²) >= 11 is 2.88. The summed E-state index contributed by atoms with van der Waals surface area (Å²) < 4.78 is 4.31. The topological polar surface area (TPSA) is 68.4 Å².